The molecule has 1 N–H and O–H groups in total. The van der Waals surface area contributed by atoms with E-state index in [1.54, 1.807) is 24.5 Å². The molecule has 0 radical (unpaired) electrons. The van der Waals surface area contributed by atoms with Gasteiger partial charge in [0, 0.05) is 48.3 Å². The topological polar surface area (TPSA) is 53.9 Å². The molecule has 144 valence electrons. The number of halogens is 1. The number of anilines is 2. The van der Waals surface area contributed by atoms with E-state index in [1.807, 2.05) is 25.1 Å². The number of para-hydroxylation sites is 1. The van der Waals surface area contributed by atoms with Crippen molar-refractivity contribution in [2.24, 2.45) is 0 Å². The van der Waals surface area contributed by atoms with Gasteiger partial charge in [-0.3, -0.25) is 4.98 Å². The first-order valence-electron chi connectivity index (χ1n) is 9.63. The largest absolute Gasteiger partial charge is 0.380 e. The van der Waals surface area contributed by atoms with Gasteiger partial charge in [-0.05, 0) is 51.0 Å². The summed E-state index contributed by atoms with van der Waals surface area (Å²) in [5.74, 6) is 1.52. The number of nitrogens with one attached hydrogen (secondary N) is 1. The molecule has 5 nitrogen and oxygen atoms in total. The van der Waals surface area contributed by atoms with Crippen LogP contribution < -0.4 is 10.2 Å². The molecule has 0 amide bonds. The third-order valence-electron chi connectivity index (χ3n) is 5.33. The Kier molecular flexibility index (Phi) is 5.19. The lowest BCUT2D eigenvalue weighted by molar-refractivity contribution is 0.518. The van der Waals surface area contributed by atoms with Gasteiger partial charge in [0.15, 0.2) is 5.82 Å². The number of aromatic nitrogens is 3. The lowest BCUT2D eigenvalue weighted by Crippen LogP contribution is -2.40. The van der Waals surface area contributed by atoms with Crippen LogP contribution in [-0.2, 0) is 0 Å². The fourth-order valence-electron chi connectivity index (χ4n) is 3.59. The van der Waals surface area contributed by atoms with Crippen LogP contribution in [0.4, 0.5) is 15.9 Å². The third-order valence-corrected chi connectivity index (χ3v) is 5.33. The van der Waals surface area contributed by atoms with E-state index in [0.717, 1.165) is 54.4 Å². The van der Waals surface area contributed by atoms with Gasteiger partial charge in [-0.15, -0.1) is 0 Å². The highest BCUT2D eigenvalue weighted by atomic mass is 19.1. The summed E-state index contributed by atoms with van der Waals surface area (Å²) in [6, 6.07) is 11.0. The number of nitrogens with zero attached hydrogens (tertiary/aromatic N) is 4. The van der Waals surface area contributed by atoms with Gasteiger partial charge in [-0.1, -0.05) is 12.1 Å². The maximum absolute atomic E-state index is 13.9. The first-order valence-corrected chi connectivity index (χ1v) is 9.63. The minimum absolute atomic E-state index is 0.200. The lowest BCUT2D eigenvalue weighted by atomic mass is 10.0. The van der Waals surface area contributed by atoms with E-state index in [4.69, 9.17) is 4.98 Å². The summed E-state index contributed by atoms with van der Waals surface area (Å²) in [6.07, 6.45) is 5.38. The van der Waals surface area contributed by atoms with Crippen LogP contribution >= 0.6 is 0 Å². The highest BCUT2D eigenvalue weighted by Gasteiger charge is 2.23. The van der Waals surface area contributed by atoms with E-state index < -0.39 is 0 Å². The van der Waals surface area contributed by atoms with Gasteiger partial charge in [-0.25, -0.2) is 14.4 Å². The summed E-state index contributed by atoms with van der Waals surface area (Å²) in [7, 11) is 0. The molecule has 1 aliphatic heterocycles. The maximum atomic E-state index is 13.9. The minimum Gasteiger partial charge on any atom is -0.380 e. The van der Waals surface area contributed by atoms with Gasteiger partial charge < -0.3 is 10.2 Å². The Labute approximate surface area is 164 Å². The minimum atomic E-state index is -0.200. The Balaban J connectivity index is 1.50. The van der Waals surface area contributed by atoms with E-state index in [-0.39, 0.29) is 11.9 Å². The van der Waals surface area contributed by atoms with Crippen LogP contribution in [0.2, 0.25) is 0 Å². The fraction of sp³-hybridized carbons (Fsp3) is 0.318. The van der Waals surface area contributed by atoms with Crippen molar-refractivity contribution < 1.29 is 4.39 Å². The molecule has 0 aliphatic carbocycles. The number of hydrogen-bond donors (Lipinski definition) is 1. The van der Waals surface area contributed by atoms with Crippen LogP contribution in [-0.4, -0.2) is 34.1 Å². The fourth-order valence-corrected chi connectivity index (χ4v) is 3.59. The van der Waals surface area contributed by atoms with Crippen LogP contribution in [0.1, 0.15) is 24.1 Å². The predicted molar refractivity (Wildman–Crippen MR) is 110 cm³/mol. The number of rotatable bonds is 4. The normalized spacial score (nSPS) is 14.9. The molecule has 0 bridgehead atoms. The van der Waals surface area contributed by atoms with Crippen LogP contribution in [0.3, 0.4) is 0 Å². The van der Waals surface area contributed by atoms with Crippen molar-refractivity contribution in [3.8, 4) is 11.4 Å². The van der Waals surface area contributed by atoms with Crippen LogP contribution in [0.5, 0.6) is 0 Å². The molecule has 4 rings (SSSR count). The SMILES string of the molecule is Cc1nc(-c2ccncc2)nc(N2CCC(Nc3ccccc3F)CC2)c1C. The first-order chi connectivity index (χ1) is 13.6. The molecular weight excluding hydrogens is 353 g/mol. The molecule has 28 heavy (non-hydrogen) atoms. The summed E-state index contributed by atoms with van der Waals surface area (Å²) >= 11 is 0. The van der Waals surface area contributed by atoms with Crippen molar-refractivity contribution in [3.63, 3.8) is 0 Å². The molecule has 0 atom stereocenters. The quantitative estimate of drug-likeness (QED) is 0.731. The summed E-state index contributed by atoms with van der Waals surface area (Å²) < 4.78 is 13.9. The van der Waals surface area contributed by atoms with Gasteiger partial charge in [0.1, 0.15) is 11.6 Å². The maximum Gasteiger partial charge on any atom is 0.161 e. The van der Waals surface area contributed by atoms with Gasteiger partial charge in [0.25, 0.3) is 0 Å². The molecule has 1 saturated heterocycles. The average molecular weight is 377 g/mol. The Morgan fingerprint density at radius 2 is 1.71 bits per heavy atom. The molecule has 1 aliphatic rings. The molecule has 3 heterocycles. The van der Waals surface area contributed by atoms with Gasteiger partial charge >= 0.3 is 0 Å². The smallest absolute Gasteiger partial charge is 0.161 e. The van der Waals surface area contributed by atoms with Crippen LogP contribution in [0, 0.1) is 19.7 Å². The average Bonchev–Trinajstić information content (AvgIpc) is 2.73. The van der Waals surface area contributed by atoms with E-state index in [0.29, 0.717) is 5.69 Å². The predicted octanol–water partition coefficient (Wildman–Crippen LogP) is 4.38. The molecule has 0 saturated carbocycles. The molecule has 6 heteroatoms. The number of benzene rings is 1. The van der Waals surface area contributed by atoms with Crippen molar-refractivity contribution >= 4 is 11.5 Å². The molecule has 3 aromatic rings. The summed E-state index contributed by atoms with van der Waals surface area (Å²) in [4.78, 5) is 15.9. The van der Waals surface area contributed by atoms with Crippen LogP contribution in [0.25, 0.3) is 11.4 Å². The van der Waals surface area contributed by atoms with Gasteiger partial charge in [-0.2, -0.15) is 0 Å². The summed E-state index contributed by atoms with van der Waals surface area (Å²) in [5.41, 5.74) is 3.65. The summed E-state index contributed by atoms with van der Waals surface area (Å²) in [5, 5.41) is 3.34. The number of hydrogen-bond acceptors (Lipinski definition) is 5. The zero-order chi connectivity index (χ0) is 19.5. The lowest BCUT2D eigenvalue weighted by Gasteiger charge is -2.34. The molecular formula is C22H24FN5. The monoisotopic (exact) mass is 377 g/mol. The zero-order valence-electron chi connectivity index (χ0n) is 16.2. The highest BCUT2D eigenvalue weighted by molar-refractivity contribution is 5.60. The van der Waals surface area contributed by atoms with Crippen molar-refractivity contribution in [1.29, 1.82) is 0 Å². The van der Waals surface area contributed by atoms with E-state index in [9.17, 15) is 4.39 Å². The Hall–Kier alpha value is -3.02. The second-order valence-corrected chi connectivity index (χ2v) is 7.20. The number of piperidine rings is 1. The molecule has 1 aromatic carbocycles. The first kappa shape index (κ1) is 18.3. The van der Waals surface area contributed by atoms with Crippen molar-refractivity contribution in [2.75, 3.05) is 23.3 Å². The molecule has 1 fully saturated rings. The van der Waals surface area contributed by atoms with Crippen molar-refractivity contribution in [1.82, 2.24) is 15.0 Å². The van der Waals surface area contributed by atoms with E-state index >= 15 is 0 Å². The second-order valence-electron chi connectivity index (χ2n) is 7.20. The van der Waals surface area contributed by atoms with Crippen molar-refractivity contribution in [3.05, 3.63) is 65.9 Å². The standard InChI is InChI=1S/C22H24FN5/c1-15-16(2)25-21(17-7-11-24-12-8-17)27-22(15)28-13-9-18(10-14-28)26-20-6-4-3-5-19(20)23/h3-8,11-12,18,26H,9-10,13-14H2,1-2H3. The second kappa shape index (κ2) is 7.92. The number of pyridine rings is 1. The zero-order valence-corrected chi connectivity index (χ0v) is 16.2. The van der Waals surface area contributed by atoms with Gasteiger partial charge in [0.2, 0.25) is 0 Å². The van der Waals surface area contributed by atoms with Crippen molar-refractivity contribution in [2.45, 2.75) is 32.7 Å². The van der Waals surface area contributed by atoms with Crippen LogP contribution in [0.15, 0.2) is 48.8 Å². The Morgan fingerprint density at radius 1 is 1.00 bits per heavy atom. The Bertz CT molecular complexity index is 952. The van der Waals surface area contributed by atoms with Gasteiger partial charge in [0.05, 0.1) is 5.69 Å². The molecule has 2 aromatic heterocycles. The van der Waals surface area contributed by atoms with E-state index in [1.165, 1.54) is 6.07 Å². The van der Waals surface area contributed by atoms with E-state index in [2.05, 4.69) is 27.1 Å². The highest BCUT2D eigenvalue weighted by Crippen LogP contribution is 2.27. The summed E-state index contributed by atoms with van der Waals surface area (Å²) in [6.45, 7) is 5.85. The Morgan fingerprint density at radius 3 is 2.43 bits per heavy atom. The molecule has 0 unspecified atom stereocenters. The number of aryl methyl sites for hydroxylation is 1. The third kappa shape index (κ3) is 3.81. The molecule has 0 spiro atoms.